The minimum Gasteiger partial charge on any atom is -0.493 e. The second-order valence-electron chi connectivity index (χ2n) is 5.78. The van der Waals surface area contributed by atoms with E-state index in [4.69, 9.17) is 18.9 Å². The summed E-state index contributed by atoms with van der Waals surface area (Å²) < 4.78 is 21.6. The van der Waals surface area contributed by atoms with Crippen molar-refractivity contribution in [3.8, 4) is 23.0 Å². The molecule has 0 radical (unpaired) electrons. The fraction of sp³-hybridized carbons (Fsp3) is 0.211. The van der Waals surface area contributed by atoms with Crippen molar-refractivity contribution in [3.63, 3.8) is 0 Å². The lowest BCUT2D eigenvalue weighted by molar-refractivity contribution is -0.120. The van der Waals surface area contributed by atoms with Crippen molar-refractivity contribution in [2.45, 2.75) is 0 Å². The number of fused-ring (bicyclic) bond motifs is 1. The van der Waals surface area contributed by atoms with Gasteiger partial charge in [0.2, 0.25) is 6.79 Å². The molecular weight excluding hydrogens is 446 g/mol. The van der Waals surface area contributed by atoms with Crippen LogP contribution in [0.5, 0.6) is 23.0 Å². The number of carbonyl (C=O) groups is 2. The standard InChI is InChI=1S/C19H18BrN3O6/c1-26-16-6-11(5-13(20)18(16)27-2)8-22-23-17(24)9-21-19(25)12-3-4-14-15(7-12)29-10-28-14/h3-8H,9-10H2,1-2H3,(H,21,25)(H,23,24)/b22-8+. The Morgan fingerprint density at radius 3 is 2.72 bits per heavy atom. The molecule has 29 heavy (non-hydrogen) atoms. The Hall–Kier alpha value is -3.27. The van der Waals surface area contributed by atoms with E-state index in [-0.39, 0.29) is 13.3 Å². The minimum atomic E-state index is -0.477. The first-order chi connectivity index (χ1) is 14.0. The minimum absolute atomic E-state index is 0.122. The number of benzene rings is 2. The van der Waals surface area contributed by atoms with E-state index in [1.54, 1.807) is 30.3 Å². The molecule has 0 atom stereocenters. The van der Waals surface area contributed by atoms with Gasteiger partial charge in [-0.1, -0.05) is 0 Å². The maximum atomic E-state index is 12.2. The molecule has 0 fully saturated rings. The Kier molecular flexibility index (Phi) is 6.55. The van der Waals surface area contributed by atoms with Gasteiger partial charge in [-0.3, -0.25) is 9.59 Å². The van der Waals surface area contributed by atoms with Crippen LogP contribution in [0, 0.1) is 0 Å². The first kappa shape index (κ1) is 20.5. The van der Waals surface area contributed by atoms with Crippen molar-refractivity contribution in [2.75, 3.05) is 27.6 Å². The van der Waals surface area contributed by atoms with Crippen molar-refractivity contribution in [3.05, 3.63) is 45.9 Å². The van der Waals surface area contributed by atoms with Gasteiger partial charge in [0.25, 0.3) is 11.8 Å². The molecule has 2 amide bonds. The molecule has 0 saturated carbocycles. The molecule has 1 heterocycles. The molecule has 152 valence electrons. The topological polar surface area (TPSA) is 107 Å². The van der Waals surface area contributed by atoms with E-state index in [0.29, 0.717) is 38.6 Å². The summed E-state index contributed by atoms with van der Waals surface area (Å²) in [4.78, 5) is 24.1. The summed E-state index contributed by atoms with van der Waals surface area (Å²) in [6.45, 7) is -0.113. The predicted octanol–water partition coefficient (Wildman–Crippen LogP) is 2.08. The van der Waals surface area contributed by atoms with Crippen LogP contribution in [0.4, 0.5) is 0 Å². The second kappa shape index (κ2) is 9.28. The molecule has 0 saturated heterocycles. The summed E-state index contributed by atoms with van der Waals surface area (Å²) in [6.07, 6.45) is 1.45. The number of rotatable bonds is 7. The highest BCUT2D eigenvalue weighted by Gasteiger charge is 2.16. The molecule has 2 aromatic rings. The van der Waals surface area contributed by atoms with Crippen molar-refractivity contribution < 1.29 is 28.5 Å². The number of hydrogen-bond donors (Lipinski definition) is 2. The lowest BCUT2D eigenvalue weighted by Crippen LogP contribution is -2.34. The van der Waals surface area contributed by atoms with Crippen LogP contribution in [0.15, 0.2) is 39.9 Å². The molecular formula is C19H18BrN3O6. The molecule has 1 aliphatic heterocycles. The summed E-state index contributed by atoms with van der Waals surface area (Å²) in [5.74, 6) is 1.26. The molecule has 0 unspecified atom stereocenters. The monoisotopic (exact) mass is 463 g/mol. The number of hydrogen-bond acceptors (Lipinski definition) is 7. The second-order valence-corrected chi connectivity index (χ2v) is 6.64. The van der Waals surface area contributed by atoms with E-state index < -0.39 is 11.8 Å². The smallest absolute Gasteiger partial charge is 0.259 e. The van der Waals surface area contributed by atoms with Gasteiger partial charge in [0.15, 0.2) is 23.0 Å². The SMILES string of the molecule is COc1cc(/C=N/NC(=O)CNC(=O)c2ccc3c(c2)OCO3)cc(Br)c1OC. The van der Waals surface area contributed by atoms with Crippen LogP contribution < -0.4 is 29.7 Å². The normalized spacial score (nSPS) is 12.0. The van der Waals surface area contributed by atoms with Crippen molar-refractivity contribution in [1.29, 1.82) is 0 Å². The highest BCUT2D eigenvalue weighted by atomic mass is 79.9. The highest BCUT2D eigenvalue weighted by molar-refractivity contribution is 9.10. The van der Waals surface area contributed by atoms with Crippen LogP contribution >= 0.6 is 15.9 Å². The summed E-state index contributed by atoms with van der Waals surface area (Å²) in [5, 5.41) is 6.40. The Morgan fingerprint density at radius 1 is 1.17 bits per heavy atom. The molecule has 3 rings (SSSR count). The van der Waals surface area contributed by atoms with Crippen molar-refractivity contribution in [2.24, 2.45) is 5.10 Å². The third-order valence-electron chi connectivity index (χ3n) is 3.90. The van der Waals surface area contributed by atoms with E-state index in [0.717, 1.165) is 0 Å². The molecule has 0 aromatic heterocycles. The van der Waals surface area contributed by atoms with Gasteiger partial charge in [0, 0.05) is 5.56 Å². The van der Waals surface area contributed by atoms with Crippen LogP contribution in [-0.2, 0) is 4.79 Å². The van der Waals surface area contributed by atoms with Gasteiger partial charge < -0.3 is 24.3 Å². The molecule has 2 aromatic carbocycles. The van der Waals surface area contributed by atoms with Crippen molar-refractivity contribution >= 4 is 34.0 Å². The van der Waals surface area contributed by atoms with Gasteiger partial charge in [-0.15, -0.1) is 0 Å². The number of hydrazone groups is 1. The Balaban J connectivity index is 1.52. The quantitative estimate of drug-likeness (QED) is 0.480. The van der Waals surface area contributed by atoms with Crippen LogP contribution in [0.1, 0.15) is 15.9 Å². The van der Waals surface area contributed by atoms with E-state index in [1.165, 1.54) is 20.4 Å². The average Bonchev–Trinajstić information content (AvgIpc) is 3.19. The number of amides is 2. The maximum absolute atomic E-state index is 12.2. The van der Waals surface area contributed by atoms with Crippen LogP contribution in [0.2, 0.25) is 0 Å². The zero-order chi connectivity index (χ0) is 20.8. The molecule has 1 aliphatic rings. The number of nitrogens with one attached hydrogen (secondary N) is 2. The number of methoxy groups -OCH3 is 2. The van der Waals surface area contributed by atoms with E-state index >= 15 is 0 Å². The largest absolute Gasteiger partial charge is 0.493 e. The molecule has 2 N–H and O–H groups in total. The summed E-state index contributed by atoms with van der Waals surface area (Å²) in [6, 6.07) is 8.26. The van der Waals surface area contributed by atoms with Crippen molar-refractivity contribution in [1.82, 2.24) is 10.7 Å². The number of nitrogens with zero attached hydrogens (tertiary/aromatic N) is 1. The fourth-order valence-electron chi connectivity index (χ4n) is 2.53. The zero-order valence-electron chi connectivity index (χ0n) is 15.7. The molecule has 9 nitrogen and oxygen atoms in total. The van der Waals surface area contributed by atoms with E-state index in [2.05, 4.69) is 31.8 Å². The molecule has 0 aliphatic carbocycles. The number of carbonyl (C=O) groups excluding carboxylic acids is 2. The third-order valence-corrected chi connectivity index (χ3v) is 4.49. The lowest BCUT2D eigenvalue weighted by Gasteiger charge is -2.10. The van der Waals surface area contributed by atoms with Crippen LogP contribution in [0.25, 0.3) is 0 Å². The van der Waals surface area contributed by atoms with Crippen LogP contribution in [-0.4, -0.2) is 45.6 Å². The van der Waals surface area contributed by atoms with Gasteiger partial charge >= 0.3 is 0 Å². The van der Waals surface area contributed by atoms with Gasteiger partial charge in [-0.25, -0.2) is 5.43 Å². The Labute approximate surface area is 175 Å². The molecule has 0 bridgehead atoms. The van der Waals surface area contributed by atoms with Gasteiger partial charge in [0.1, 0.15) is 0 Å². The number of halogens is 1. The Bertz CT molecular complexity index is 963. The number of ether oxygens (including phenoxy) is 4. The van der Waals surface area contributed by atoms with Gasteiger partial charge in [-0.2, -0.15) is 5.10 Å². The summed E-state index contributed by atoms with van der Waals surface area (Å²) >= 11 is 3.38. The predicted molar refractivity (Wildman–Crippen MR) is 108 cm³/mol. The molecule has 0 spiro atoms. The first-order valence-corrected chi connectivity index (χ1v) is 9.22. The zero-order valence-corrected chi connectivity index (χ0v) is 17.2. The fourth-order valence-corrected chi connectivity index (χ4v) is 3.15. The Morgan fingerprint density at radius 2 is 1.97 bits per heavy atom. The van der Waals surface area contributed by atoms with Gasteiger partial charge in [0.05, 0.1) is 31.5 Å². The van der Waals surface area contributed by atoms with E-state index in [9.17, 15) is 9.59 Å². The first-order valence-electron chi connectivity index (χ1n) is 8.43. The maximum Gasteiger partial charge on any atom is 0.259 e. The average molecular weight is 464 g/mol. The third kappa shape index (κ3) is 4.96. The van der Waals surface area contributed by atoms with Crippen LogP contribution in [0.3, 0.4) is 0 Å². The highest BCUT2D eigenvalue weighted by Crippen LogP contribution is 2.35. The summed E-state index contributed by atoms with van der Waals surface area (Å²) in [7, 11) is 3.06. The molecule has 10 heteroatoms. The summed E-state index contributed by atoms with van der Waals surface area (Å²) in [5.41, 5.74) is 3.39. The lowest BCUT2D eigenvalue weighted by atomic mass is 10.2. The van der Waals surface area contributed by atoms with E-state index in [1.807, 2.05) is 0 Å². The van der Waals surface area contributed by atoms with Gasteiger partial charge in [-0.05, 0) is 51.8 Å².